The first-order chi connectivity index (χ1) is 11.4. The van der Waals surface area contributed by atoms with Crippen molar-refractivity contribution in [1.29, 1.82) is 0 Å². The lowest BCUT2D eigenvalue weighted by molar-refractivity contribution is 0.432. The number of benzene rings is 1. The van der Waals surface area contributed by atoms with Crippen LogP contribution < -0.4 is 5.73 Å². The van der Waals surface area contributed by atoms with E-state index >= 15 is 0 Å². The van der Waals surface area contributed by atoms with E-state index in [1.807, 2.05) is 12.1 Å². The lowest BCUT2D eigenvalue weighted by atomic mass is 9.87. The zero-order chi connectivity index (χ0) is 17.3. The van der Waals surface area contributed by atoms with E-state index in [9.17, 15) is 0 Å². The maximum absolute atomic E-state index is 5.84. The van der Waals surface area contributed by atoms with Gasteiger partial charge in [0.25, 0.3) is 5.89 Å². The van der Waals surface area contributed by atoms with Crippen molar-refractivity contribution in [2.45, 2.75) is 46.0 Å². The Labute approximate surface area is 145 Å². The van der Waals surface area contributed by atoms with Crippen LogP contribution in [0, 0.1) is 0 Å². The summed E-state index contributed by atoms with van der Waals surface area (Å²) in [6, 6.07) is 8.28. The summed E-state index contributed by atoms with van der Waals surface area (Å²) in [6.07, 6.45) is 1.84. The quantitative estimate of drug-likeness (QED) is 0.744. The highest BCUT2D eigenvalue weighted by atomic mass is 32.1. The van der Waals surface area contributed by atoms with E-state index < -0.39 is 0 Å². The van der Waals surface area contributed by atoms with Gasteiger partial charge in [0.2, 0.25) is 5.82 Å². The van der Waals surface area contributed by atoms with Crippen molar-refractivity contribution in [1.82, 2.24) is 15.1 Å². The zero-order valence-electron chi connectivity index (χ0n) is 14.5. The molecule has 126 valence electrons. The molecule has 0 saturated heterocycles. The summed E-state index contributed by atoms with van der Waals surface area (Å²) in [5, 5.41) is 4.65. The first kappa shape index (κ1) is 16.6. The van der Waals surface area contributed by atoms with Crippen molar-refractivity contribution in [3.63, 3.8) is 0 Å². The zero-order valence-corrected chi connectivity index (χ0v) is 15.3. The van der Waals surface area contributed by atoms with Gasteiger partial charge in [0.05, 0.1) is 5.69 Å². The van der Waals surface area contributed by atoms with E-state index in [1.165, 1.54) is 16.9 Å². The van der Waals surface area contributed by atoms with Gasteiger partial charge in [-0.2, -0.15) is 4.98 Å². The average Bonchev–Trinajstić information content (AvgIpc) is 3.14. The molecule has 0 bridgehead atoms. The smallest absolute Gasteiger partial charge is 0.270 e. The Bertz CT molecular complexity index is 828. The van der Waals surface area contributed by atoms with Gasteiger partial charge in [-0.05, 0) is 17.4 Å². The number of thiazole rings is 1. The fourth-order valence-electron chi connectivity index (χ4n) is 2.50. The van der Waals surface area contributed by atoms with Crippen LogP contribution in [-0.4, -0.2) is 15.1 Å². The average molecular weight is 342 g/mol. The van der Waals surface area contributed by atoms with Crippen molar-refractivity contribution in [3.8, 4) is 22.2 Å². The van der Waals surface area contributed by atoms with Crippen molar-refractivity contribution in [2.24, 2.45) is 0 Å². The SMILES string of the molecule is CCCc1nc(N)sc1-c1nc(-c2ccc(C(C)(C)C)cc2)no1. The van der Waals surface area contributed by atoms with Crippen LogP contribution >= 0.6 is 11.3 Å². The normalized spacial score (nSPS) is 11.8. The molecule has 3 rings (SSSR count). The van der Waals surface area contributed by atoms with Gasteiger partial charge in [0.1, 0.15) is 4.88 Å². The number of aryl methyl sites for hydroxylation is 1. The topological polar surface area (TPSA) is 77.8 Å². The summed E-state index contributed by atoms with van der Waals surface area (Å²) in [7, 11) is 0. The third kappa shape index (κ3) is 3.33. The number of rotatable bonds is 4. The highest BCUT2D eigenvalue weighted by molar-refractivity contribution is 7.18. The molecule has 0 aliphatic heterocycles. The molecule has 2 N–H and O–H groups in total. The molecule has 0 amide bonds. The fourth-order valence-corrected chi connectivity index (χ4v) is 3.30. The first-order valence-electron chi connectivity index (χ1n) is 8.08. The lowest BCUT2D eigenvalue weighted by Gasteiger charge is -2.18. The molecule has 0 atom stereocenters. The molecule has 6 heteroatoms. The molecule has 2 heterocycles. The van der Waals surface area contributed by atoms with Crippen LogP contribution in [0.1, 0.15) is 45.4 Å². The Morgan fingerprint density at radius 1 is 1.12 bits per heavy atom. The Hall–Kier alpha value is -2.21. The summed E-state index contributed by atoms with van der Waals surface area (Å²) in [4.78, 5) is 9.78. The molecule has 0 radical (unpaired) electrons. The third-order valence-electron chi connectivity index (χ3n) is 3.83. The van der Waals surface area contributed by atoms with Crippen molar-refractivity contribution < 1.29 is 4.52 Å². The number of hydrogen-bond acceptors (Lipinski definition) is 6. The van der Waals surface area contributed by atoms with Gasteiger partial charge in [0, 0.05) is 5.56 Å². The second-order valence-corrected chi connectivity index (χ2v) is 7.86. The van der Waals surface area contributed by atoms with Gasteiger partial charge in [-0.25, -0.2) is 4.98 Å². The van der Waals surface area contributed by atoms with Gasteiger partial charge >= 0.3 is 0 Å². The van der Waals surface area contributed by atoms with Crippen LogP contribution in [0.25, 0.3) is 22.2 Å². The molecule has 0 aliphatic rings. The van der Waals surface area contributed by atoms with E-state index in [4.69, 9.17) is 10.3 Å². The summed E-state index contributed by atoms with van der Waals surface area (Å²) < 4.78 is 5.46. The predicted octanol–water partition coefficient (Wildman–Crippen LogP) is 4.69. The lowest BCUT2D eigenvalue weighted by Crippen LogP contribution is -2.10. The molecule has 0 aliphatic carbocycles. The number of nitrogens with two attached hydrogens (primary N) is 1. The van der Waals surface area contributed by atoms with Crippen LogP contribution in [0.2, 0.25) is 0 Å². The highest BCUT2D eigenvalue weighted by Gasteiger charge is 2.19. The number of hydrogen-bond donors (Lipinski definition) is 1. The Morgan fingerprint density at radius 3 is 2.46 bits per heavy atom. The maximum Gasteiger partial charge on any atom is 0.270 e. The maximum atomic E-state index is 5.84. The molecule has 0 fully saturated rings. The van der Waals surface area contributed by atoms with Crippen molar-refractivity contribution in [3.05, 3.63) is 35.5 Å². The second-order valence-electron chi connectivity index (χ2n) is 6.83. The first-order valence-corrected chi connectivity index (χ1v) is 8.90. The summed E-state index contributed by atoms with van der Waals surface area (Å²) in [5.74, 6) is 1.07. The predicted molar refractivity (Wildman–Crippen MR) is 97.9 cm³/mol. The van der Waals surface area contributed by atoms with Crippen LogP contribution in [0.4, 0.5) is 5.13 Å². The van der Waals surface area contributed by atoms with Crippen LogP contribution in [0.3, 0.4) is 0 Å². The molecular formula is C18H22N4OS. The van der Waals surface area contributed by atoms with Crippen molar-refractivity contribution >= 4 is 16.5 Å². The number of aromatic nitrogens is 3. The van der Waals surface area contributed by atoms with Gasteiger partial charge in [-0.3, -0.25) is 0 Å². The minimum absolute atomic E-state index is 0.121. The molecule has 0 spiro atoms. The molecule has 0 unspecified atom stereocenters. The number of nitrogen functional groups attached to an aromatic ring is 1. The van der Waals surface area contributed by atoms with E-state index in [0.29, 0.717) is 16.8 Å². The molecule has 5 nitrogen and oxygen atoms in total. The van der Waals surface area contributed by atoms with Crippen LogP contribution in [-0.2, 0) is 11.8 Å². The molecular weight excluding hydrogens is 320 g/mol. The minimum Gasteiger partial charge on any atom is -0.375 e. The monoisotopic (exact) mass is 342 g/mol. The Balaban J connectivity index is 1.91. The summed E-state index contributed by atoms with van der Waals surface area (Å²) >= 11 is 1.39. The van der Waals surface area contributed by atoms with Gasteiger partial charge in [-0.1, -0.05) is 74.9 Å². The van der Waals surface area contributed by atoms with Crippen LogP contribution in [0.5, 0.6) is 0 Å². The molecule has 0 saturated carbocycles. The Morgan fingerprint density at radius 2 is 1.83 bits per heavy atom. The van der Waals surface area contributed by atoms with E-state index in [1.54, 1.807) is 0 Å². The number of nitrogens with zero attached hydrogens (tertiary/aromatic N) is 3. The number of anilines is 1. The summed E-state index contributed by atoms with van der Waals surface area (Å²) in [6.45, 7) is 8.68. The third-order valence-corrected chi connectivity index (χ3v) is 4.74. The van der Waals surface area contributed by atoms with E-state index in [-0.39, 0.29) is 5.41 Å². The van der Waals surface area contributed by atoms with Gasteiger partial charge in [0.15, 0.2) is 5.13 Å². The molecule has 24 heavy (non-hydrogen) atoms. The van der Waals surface area contributed by atoms with Crippen LogP contribution in [0.15, 0.2) is 28.8 Å². The van der Waals surface area contributed by atoms with E-state index in [0.717, 1.165) is 29.0 Å². The molecule has 1 aromatic carbocycles. The van der Waals surface area contributed by atoms with Gasteiger partial charge < -0.3 is 10.3 Å². The highest BCUT2D eigenvalue weighted by Crippen LogP contribution is 2.33. The molecule has 3 aromatic rings. The van der Waals surface area contributed by atoms with Crippen molar-refractivity contribution in [2.75, 3.05) is 5.73 Å². The fraction of sp³-hybridized carbons (Fsp3) is 0.389. The summed E-state index contributed by atoms with van der Waals surface area (Å²) in [5.41, 5.74) is 9.10. The standard InChI is InChI=1S/C18H22N4OS/c1-5-6-13-14(24-17(19)20-13)16-21-15(22-23-16)11-7-9-12(10-8-11)18(2,3)4/h7-10H,5-6H2,1-4H3,(H2,19,20). The minimum atomic E-state index is 0.121. The largest absolute Gasteiger partial charge is 0.375 e. The molecule has 2 aromatic heterocycles. The second kappa shape index (κ2) is 6.36. The van der Waals surface area contributed by atoms with E-state index in [2.05, 4.69) is 55.0 Å². The Kier molecular flexibility index (Phi) is 4.41. The van der Waals surface area contributed by atoms with Gasteiger partial charge in [-0.15, -0.1) is 0 Å².